The van der Waals surface area contributed by atoms with Gasteiger partial charge in [-0.1, -0.05) is 24.0 Å². The smallest absolute Gasteiger partial charge is 0.253 e. The minimum Gasteiger partial charge on any atom is -0.349 e. The number of amides is 1. The summed E-state index contributed by atoms with van der Waals surface area (Å²) in [7, 11) is 0. The number of rotatable bonds is 3. The largest absolute Gasteiger partial charge is 0.349 e. The van der Waals surface area contributed by atoms with Gasteiger partial charge in [0.2, 0.25) is 0 Å². The van der Waals surface area contributed by atoms with Gasteiger partial charge in [0.25, 0.3) is 5.91 Å². The van der Waals surface area contributed by atoms with Crippen molar-refractivity contribution in [1.29, 1.82) is 0 Å². The first kappa shape index (κ1) is 15.1. The summed E-state index contributed by atoms with van der Waals surface area (Å²) in [4.78, 5) is 17.1. The molecule has 3 aliphatic rings. The molecular weight excluding hydrogens is 312 g/mol. The second-order valence-electron chi connectivity index (χ2n) is 7.80. The van der Waals surface area contributed by atoms with Crippen LogP contribution < -0.4 is 5.32 Å². The number of fused-ring (bicyclic) bond motifs is 1. The van der Waals surface area contributed by atoms with Gasteiger partial charge < -0.3 is 5.32 Å². The van der Waals surface area contributed by atoms with E-state index in [9.17, 15) is 4.79 Å². The van der Waals surface area contributed by atoms with Crippen molar-refractivity contribution >= 4 is 16.9 Å². The number of allylic oxidation sites excluding steroid dienone is 1. The van der Waals surface area contributed by atoms with Crippen molar-refractivity contribution in [3.05, 3.63) is 35.2 Å². The monoisotopic (exact) mass is 336 g/mol. The van der Waals surface area contributed by atoms with Crippen molar-refractivity contribution in [2.75, 3.05) is 0 Å². The third kappa shape index (κ3) is 2.66. The molecule has 0 aromatic carbocycles. The van der Waals surface area contributed by atoms with Gasteiger partial charge in [-0.25, -0.2) is 9.67 Å². The molecule has 0 saturated heterocycles. The maximum absolute atomic E-state index is 12.5. The topological polar surface area (TPSA) is 59.8 Å². The van der Waals surface area contributed by atoms with E-state index in [-0.39, 0.29) is 5.91 Å². The van der Waals surface area contributed by atoms with E-state index in [1.807, 2.05) is 16.9 Å². The maximum Gasteiger partial charge on any atom is 0.253 e. The Morgan fingerprint density at radius 1 is 1.08 bits per heavy atom. The van der Waals surface area contributed by atoms with Crippen LogP contribution in [0.3, 0.4) is 0 Å². The standard InChI is InChI=1S/C20H24N4O/c25-20(23-17-9-14(10-17)13-4-3-5-13)16-8-15-12-22-24(19(15)21-11-16)18-6-1-2-7-18/h8,11-12,17-18H,1-7,9-10H2,(H,23,25). The van der Waals surface area contributed by atoms with Gasteiger partial charge in [-0.05, 0) is 51.0 Å². The molecule has 2 heterocycles. The third-order valence-electron chi connectivity index (χ3n) is 6.14. The summed E-state index contributed by atoms with van der Waals surface area (Å²) in [6.45, 7) is 0. The Labute approximate surface area is 147 Å². The third-order valence-corrected chi connectivity index (χ3v) is 6.14. The van der Waals surface area contributed by atoms with E-state index in [1.54, 1.807) is 17.3 Å². The van der Waals surface area contributed by atoms with Crippen molar-refractivity contribution in [3.8, 4) is 0 Å². The molecule has 0 atom stereocenters. The fourth-order valence-corrected chi connectivity index (χ4v) is 4.38. The number of carbonyl (C=O) groups excluding carboxylic acids is 1. The molecule has 5 heteroatoms. The van der Waals surface area contributed by atoms with E-state index in [2.05, 4.69) is 15.4 Å². The van der Waals surface area contributed by atoms with Gasteiger partial charge in [-0.2, -0.15) is 5.10 Å². The van der Waals surface area contributed by atoms with Gasteiger partial charge in [0.1, 0.15) is 0 Å². The minimum atomic E-state index is -0.00863. The molecule has 3 aliphatic carbocycles. The first-order chi connectivity index (χ1) is 12.3. The number of hydrogen-bond acceptors (Lipinski definition) is 3. The molecule has 5 nitrogen and oxygen atoms in total. The fourth-order valence-electron chi connectivity index (χ4n) is 4.38. The maximum atomic E-state index is 12.5. The van der Waals surface area contributed by atoms with E-state index in [0.29, 0.717) is 17.6 Å². The highest BCUT2D eigenvalue weighted by Crippen LogP contribution is 2.38. The van der Waals surface area contributed by atoms with Crippen LogP contribution in [0.2, 0.25) is 0 Å². The van der Waals surface area contributed by atoms with E-state index in [4.69, 9.17) is 0 Å². The van der Waals surface area contributed by atoms with E-state index in [1.165, 1.54) is 44.9 Å². The highest BCUT2D eigenvalue weighted by atomic mass is 16.1. The molecule has 0 spiro atoms. The predicted octanol–water partition coefficient (Wildman–Crippen LogP) is 3.92. The predicted molar refractivity (Wildman–Crippen MR) is 96.4 cm³/mol. The zero-order valence-electron chi connectivity index (χ0n) is 14.5. The summed E-state index contributed by atoms with van der Waals surface area (Å²) in [6, 6.07) is 2.70. The van der Waals surface area contributed by atoms with Gasteiger partial charge in [0.15, 0.2) is 5.65 Å². The minimum absolute atomic E-state index is 0.00863. The normalized spacial score (nSPS) is 23.6. The molecule has 0 unspecified atom stereocenters. The summed E-state index contributed by atoms with van der Waals surface area (Å²) in [6.07, 6.45) is 14.4. The average Bonchev–Trinajstić information content (AvgIpc) is 3.19. The molecule has 0 radical (unpaired) electrons. The Balaban J connectivity index is 1.29. The second kappa shape index (κ2) is 5.97. The lowest BCUT2D eigenvalue weighted by molar-refractivity contribution is 0.0928. The first-order valence-corrected chi connectivity index (χ1v) is 9.62. The molecule has 3 fully saturated rings. The summed E-state index contributed by atoms with van der Waals surface area (Å²) >= 11 is 0. The van der Waals surface area contributed by atoms with Gasteiger partial charge in [-0.3, -0.25) is 4.79 Å². The number of pyridine rings is 1. The van der Waals surface area contributed by atoms with Crippen LogP contribution in [0.5, 0.6) is 0 Å². The average molecular weight is 336 g/mol. The van der Waals surface area contributed by atoms with Crippen molar-refractivity contribution in [1.82, 2.24) is 20.1 Å². The van der Waals surface area contributed by atoms with Crippen molar-refractivity contribution < 1.29 is 4.79 Å². The van der Waals surface area contributed by atoms with Crippen LogP contribution in [0.15, 0.2) is 29.6 Å². The lowest BCUT2D eigenvalue weighted by Crippen LogP contribution is -2.41. The Kier molecular flexibility index (Phi) is 3.61. The van der Waals surface area contributed by atoms with Gasteiger partial charge in [-0.15, -0.1) is 0 Å². The van der Waals surface area contributed by atoms with Crippen LogP contribution in [-0.2, 0) is 0 Å². The number of hydrogen-bond donors (Lipinski definition) is 1. The zero-order valence-corrected chi connectivity index (χ0v) is 14.5. The van der Waals surface area contributed by atoms with E-state index in [0.717, 1.165) is 23.9 Å². The lowest BCUT2D eigenvalue weighted by atomic mass is 9.76. The molecule has 5 rings (SSSR count). The quantitative estimate of drug-likeness (QED) is 0.864. The molecule has 0 aliphatic heterocycles. The molecule has 0 bridgehead atoms. The molecule has 130 valence electrons. The molecular formula is C20H24N4O. The van der Waals surface area contributed by atoms with E-state index >= 15 is 0 Å². The van der Waals surface area contributed by atoms with Crippen molar-refractivity contribution in [2.24, 2.45) is 0 Å². The fraction of sp³-hybridized carbons (Fsp3) is 0.550. The van der Waals surface area contributed by atoms with Crippen molar-refractivity contribution in [2.45, 2.75) is 69.9 Å². The van der Waals surface area contributed by atoms with Gasteiger partial charge >= 0.3 is 0 Å². The molecule has 3 saturated carbocycles. The molecule has 25 heavy (non-hydrogen) atoms. The summed E-state index contributed by atoms with van der Waals surface area (Å²) in [5.41, 5.74) is 4.78. The highest BCUT2D eigenvalue weighted by Gasteiger charge is 2.29. The van der Waals surface area contributed by atoms with Crippen LogP contribution in [0.4, 0.5) is 0 Å². The van der Waals surface area contributed by atoms with Crippen LogP contribution in [-0.4, -0.2) is 26.7 Å². The van der Waals surface area contributed by atoms with Gasteiger partial charge in [0, 0.05) is 17.6 Å². The van der Waals surface area contributed by atoms with E-state index < -0.39 is 0 Å². The summed E-state index contributed by atoms with van der Waals surface area (Å²) < 4.78 is 2.05. The second-order valence-corrected chi connectivity index (χ2v) is 7.80. The molecule has 1 amide bonds. The number of aromatic nitrogens is 3. The van der Waals surface area contributed by atoms with Crippen LogP contribution >= 0.6 is 0 Å². The number of nitrogens with one attached hydrogen (secondary N) is 1. The Hall–Kier alpha value is -2.17. The number of carbonyl (C=O) groups is 1. The Morgan fingerprint density at radius 2 is 1.88 bits per heavy atom. The zero-order chi connectivity index (χ0) is 16.8. The van der Waals surface area contributed by atoms with Crippen LogP contribution in [0.25, 0.3) is 11.0 Å². The first-order valence-electron chi connectivity index (χ1n) is 9.62. The Morgan fingerprint density at radius 3 is 2.60 bits per heavy atom. The number of nitrogens with zero attached hydrogens (tertiary/aromatic N) is 3. The highest BCUT2D eigenvalue weighted by molar-refractivity contribution is 5.97. The SMILES string of the molecule is O=C(NC1CC(=C2CCC2)C1)c1cnc2c(cnn2C2CCCC2)c1. The summed E-state index contributed by atoms with van der Waals surface area (Å²) in [5.74, 6) is -0.00863. The molecule has 1 N–H and O–H groups in total. The van der Waals surface area contributed by atoms with Crippen LogP contribution in [0.1, 0.15) is 74.2 Å². The Bertz CT molecular complexity index is 846. The molecule has 2 aromatic heterocycles. The van der Waals surface area contributed by atoms with Crippen LogP contribution in [0, 0.1) is 0 Å². The lowest BCUT2D eigenvalue weighted by Gasteiger charge is -2.35. The van der Waals surface area contributed by atoms with Crippen molar-refractivity contribution in [3.63, 3.8) is 0 Å². The van der Waals surface area contributed by atoms with Gasteiger partial charge in [0.05, 0.1) is 17.8 Å². The molecule has 2 aromatic rings. The summed E-state index contributed by atoms with van der Waals surface area (Å²) in [5, 5.41) is 8.64.